The van der Waals surface area contributed by atoms with Crippen molar-refractivity contribution in [1.82, 2.24) is 0 Å². The topological polar surface area (TPSA) is 93.7 Å². The van der Waals surface area contributed by atoms with E-state index in [1.165, 1.54) is 30.3 Å². The lowest BCUT2D eigenvalue weighted by atomic mass is 10.2. The molecule has 0 aliphatic rings. The number of halogens is 2. The summed E-state index contributed by atoms with van der Waals surface area (Å²) in [6.07, 6.45) is -0.817. The van der Waals surface area contributed by atoms with Gasteiger partial charge in [0.2, 0.25) is 0 Å². The van der Waals surface area contributed by atoms with Crippen LogP contribution >= 0.6 is 23.2 Å². The number of nitrogens with one attached hydrogen (secondary N) is 2. The molecule has 7 nitrogen and oxygen atoms in total. The second-order valence-electron chi connectivity index (χ2n) is 6.42. The number of amides is 2. The van der Waals surface area contributed by atoms with Gasteiger partial charge in [-0.2, -0.15) is 0 Å². The fraction of sp³-hybridized carbons (Fsp3) is 0.0870. The number of ether oxygens (including phenoxy) is 2. The Balaban J connectivity index is 1.65. The smallest absolute Gasteiger partial charge is 0.434 e. The molecule has 0 heterocycles. The molecule has 0 atom stereocenters. The number of hydrogen-bond acceptors (Lipinski definition) is 5. The molecule has 9 heteroatoms. The predicted molar refractivity (Wildman–Crippen MR) is 123 cm³/mol. The average molecular weight is 473 g/mol. The molecular weight excluding hydrogens is 455 g/mol. The zero-order valence-corrected chi connectivity index (χ0v) is 18.4. The van der Waals surface area contributed by atoms with E-state index in [4.69, 9.17) is 32.7 Å². The first-order chi connectivity index (χ1) is 15.4. The van der Waals surface area contributed by atoms with E-state index in [0.717, 1.165) is 0 Å². The third-order valence-corrected chi connectivity index (χ3v) is 4.70. The molecule has 3 aromatic carbocycles. The number of rotatable bonds is 6. The van der Waals surface area contributed by atoms with Crippen LogP contribution in [0.5, 0.6) is 5.75 Å². The highest BCUT2D eigenvalue weighted by atomic mass is 35.5. The molecule has 2 amide bonds. The van der Waals surface area contributed by atoms with E-state index in [2.05, 4.69) is 10.6 Å². The monoisotopic (exact) mass is 472 g/mol. The van der Waals surface area contributed by atoms with E-state index >= 15 is 0 Å². The molecule has 0 saturated carbocycles. The number of carbonyl (C=O) groups is 3. The van der Waals surface area contributed by atoms with Crippen LogP contribution in [0.4, 0.5) is 16.2 Å². The first-order valence-electron chi connectivity index (χ1n) is 9.48. The molecule has 0 aromatic heterocycles. The van der Waals surface area contributed by atoms with Gasteiger partial charge < -0.3 is 20.1 Å². The quantitative estimate of drug-likeness (QED) is 0.337. The third-order valence-electron chi connectivity index (χ3n) is 4.13. The Morgan fingerprint density at radius 2 is 1.50 bits per heavy atom. The summed E-state index contributed by atoms with van der Waals surface area (Å²) in [5.74, 6) is -0.559. The van der Waals surface area contributed by atoms with Gasteiger partial charge in [-0.25, -0.2) is 4.79 Å². The Kier molecular flexibility index (Phi) is 7.70. The minimum atomic E-state index is -0.817. The highest BCUT2D eigenvalue weighted by Gasteiger charge is 2.13. The fourth-order valence-corrected chi connectivity index (χ4v) is 3.04. The molecule has 0 aliphatic carbocycles. The van der Waals surface area contributed by atoms with Gasteiger partial charge in [-0.1, -0.05) is 29.3 Å². The molecular formula is C23H18Cl2N2O5. The number of hydrogen-bond donors (Lipinski definition) is 2. The maximum absolute atomic E-state index is 12.5. The maximum Gasteiger partial charge on any atom is 0.513 e. The normalized spacial score (nSPS) is 10.2. The first-order valence-corrected chi connectivity index (χ1v) is 10.2. The first kappa shape index (κ1) is 23.1. The van der Waals surface area contributed by atoms with Crippen LogP contribution < -0.4 is 15.4 Å². The number of anilines is 2. The highest BCUT2D eigenvalue weighted by molar-refractivity contribution is 6.36. The maximum atomic E-state index is 12.5. The van der Waals surface area contributed by atoms with Crippen molar-refractivity contribution in [3.63, 3.8) is 0 Å². The van der Waals surface area contributed by atoms with Crippen LogP contribution in [0.1, 0.15) is 27.6 Å². The van der Waals surface area contributed by atoms with Gasteiger partial charge in [-0.3, -0.25) is 9.59 Å². The summed E-state index contributed by atoms with van der Waals surface area (Å²) < 4.78 is 9.66. The molecule has 0 bridgehead atoms. The summed E-state index contributed by atoms with van der Waals surface area (Å²) in [5.41, 5.74) is 1.51. The summed E-state index contributed by atoms with van der Waals surface area (Å²) in [6.45, 7) is 1.87. The Bertz CT molecular complexity index is 1150. The Morgan fingerprint density at radius 3 is 2.16 bits per heavy atom. The predicted octanol–water partition coefficient (Wildman–Crippen LogP) is 6.03. The Labute approximate surface area is 194 Å². The van der Waals surface area contributed by atoms with Gasteiger partial charge in [0.15, 0.2) is 0 Å². The van der Waals surface area contributed by atoms with Gasteiger partial charge >= 0.3 is 6.16 Å². The van der Waals surface area contributed by atoms with Crippen LogP contribution in [0, 0.1) is 0 Å². The van der Waals surface area contributed by atoms with Crippen molar-refractivity contribution in [3.8, 4) is 5.75 Å². The molecule has 0 unspecified atom stereocenters. The molecule has 0 fully saturated rings. The van der Waals surface area contributed by atoms with Crippen LogP contribution in [0.25, 0.3) is 0 Å². The summed E-state index contributed by atoms with van der Waals surface area (Å²) in [4.78, 5) is 36.4. The molecule has 3 rings (SSSR count). The molecule has 32 heavy (non-hydrogen) atoms. The van der Waals surface area contributed by atoms with Crippen molar-refractivity contribution >= 4 is 52.5 Å². The van der Waals surface area contributed by atoms with Gasteiger partial charge in [0.25, 0.3) is 11.8 Å². The molecule has 0 aliphatic heterocycles. The van der Waals surface area contributed by atoms with Crippen LogP contribution in [-0.4, -0.2) is 24.6 Å². The van der Waals surface area contributed by atoms with Crippen molar-refractivity contribution in [2.24, 2.45) is 0 Å². The second kappa shape index (κ2) is 10.7. The zero-order valence-electron chi connectivity index (χ0n) is 16.9. The van der Waals surface area contributed by atoms with Crippen LogP contribution in [-0.2, 0) is 4.74 Å². The standard InChI is InChI=1S/C23H18Cl2N2O5/c1-2-31-23(30)32-18-9-6-14(7-10-18)21(28)26-16-4-3-5-17(13-16)27-22(29)19-12-15(24)8-11-20(19)25/h3-13H,2H2,1H3,(H,26,28)(H,27,29). The summed E-state index contributed by atoms with van der Waals surface area (Å²) in [7, 11) is 0. The summed E-state index contributed by atoms with van der Waals surface area (Å²) in [6, 6.07) is 17.2. The second-order valence-corrected chi connectivity index (χ2v) is 7.27. The van der Waals surface area contributed by atoms with E-state index in [0.29, 0.717) is 22.0 Å². The summed E-state index contributed by atoms with van der Waals surface area (Å²) in [5, 5.41) is 6.12. The van der Waals surface area contributed by atoms with Crippen LogP contribution in [0.3, 0.4) is 0 Å². The van der Waals surface area contributed by atoms with Crippen molar-refractivity contribution < 1.29 is 23.9 Å². The molecule has 3 aromatic rings. The van der Waals surface area contributed by atoms with Crippen molar-refractivity contribution in [2.75, 3.05) is 17.2 Å². The summed E-state index contributed by atoms with van der Waals surface area (Å²) >= 11 is 12.0. The highest BCUT2D eigenvalue weighted by Crippen LogP contribution is 2.23. The van der Waals surface area contributed by atoms with Gasteiger partial charge in [-0.15, -0.1) is 0 Å². The molecule has 0 radical (unpaired) electrons. The van der Waals surface area contributed by atoms with E-state index in [9.17, 15) is 14.4 Å². The van der Waals surface area contributed by atoms with Gasteiger partial charge in [0.1, 0.15) is 5.75 Å². The SMILES string of the molecule is CCOC(=O)Oc1ccc(C(=O)Nc2cccc(NC(=O)c3cc(Cl)ccc3Cl)c2)cc1. The Morgan fingerprint density at radius 1 is 0.844 bits per heavy atom. The number of benzene rings is 3. The third kappa shape index (κ3) is 6.23. The van der Waals surface area contributed by atoms with E-state index in [1.807, 2.05) is 0 Å². The minimum absolute atomic E-state index is 0.199. The largest absolute Gasteiger partial charge is 0.513 e. The van der Waals surface area contributed by atoms with Crippen LogP contribution in [0.15, 0.2) is 66.7 Å². The molecule has 164 valence electrons. The van der Waals surface area contributed by atoms with Crippen molar-refractivity contribution in [2.45, 2.75) is 6.92 Å². The number of carbonyl (C=O) groups excluding carboxylic acids is 3. The van der Waals surface area contributed by atoms with Gasteiger partial charge in [0.05, 0.1) is 17.2 Å². The van der Waals surface area contributed by atoms with E-state index < -0.39 is 12.1 Å². The van der Waals surface area contributed by atoms with Crippen molar-refractivity contribution in [3.05, 3.63) is 87.9 Å². The zero-order chi connectivity index (χ0) is 23.1. The lowest BCUT2D eigenvalue weighted by Crippen LogP contribution is -2.14. The van der Waals surface area contributed by atoms with E-state index in [1.54, 1.807) is 43.3 Å². The molecule has 0 saturated heterocycles. The van der Waals surface area contributed by atoms with E-state index in [-0.39, 0.29) is 28.8 Å². The van der Waals surface area contributed by atoms with Gasteiger partial charge in [-0.05, 0) is 67.6 Å². The average Bonchev–Trinajstić information content (AvgIpc) is 2.76. The van der Waals surface area contributed by atoms with Crippen LogP contribution in [0.2, 0.25) is 10.0 Å². The lowest BCUT2D eigenvalue weighted by molar-refractivity contribution is 0.101. The molecule has 2 N–H and O–H groups in total. The lowest BCUT2D eigenvalue weighted by Gasteiger charge is -2.10. The Hall–Kier alpha value is -3.55. The van der Waals surface area contributed by atoms with Gasteiger partial charge in [0, 0.05) is 22.0 Å². The van der Waals surface area contributed by atoms with Crippen molar-refractivity contribution in [1.29, 1.82) is 0 Å². The fourth-order valence-electron chi connectivity index (χ4n) is 2.67. The molecule has 0 spiro atoms. The minimum Gasteiger partial charge on any atom is -0.434 e.